The van der Waals surface area contributed by atoms with E-state index in [0.29, 0.717) is 11.4 Å². The van der Waals surface area contributed by atoms with E-state index in [4.69, 9.17) is 4.74 Å². The third-order valence-electron chi connectivity index (χ3n) is 4.52. The number of amides is 2. The van der Waals surface area contributed by atoms with Crippen LogP contribution in [-0.2, 0) is 9.59 Å². The van der Waals surface area contributed by atoms with Crippen LogP contribution in [0.25, 0.3) is 0 Å². The second-order valence-electron chi connectivity index (χ2n) is 6.47. The van der Waals surface area contributed by atoms with Crippen molar-refractivity contribution in [2.75, 3.05) is 26.0 Å². The highest BCUT2D eigenvalue weighted by molar-refractivity contribution is 5.95. The minimum Gasteiger partial charge on any atom is -0.497 e. The van der Waals surface area contributed by atoms with Gasteiger partial charge in [-0.05, 0) is 42.2 Å². The fourth-order valence-electron chi connectivity index (χ4n) is 3.02. The predicted octanol–water partition coefficient (Wildman–Crippen LogP) is 3.03. The van der Waals surface area contributed by atoms with E-state index in [9.17, 15) is 14.0 Å². The zero-order valence-electron chi connectivity index (χ0n) is 14.7. The number of methoxy groups -OCH3 is 1. The Balaban J connectivity index is 1.52. The Labute approximate surface area is 151 Å². The molecule has 26 heavy (non-hydrogen) atoms. The first-order valence-electron chi connectivity index (χ1n) is 8.42. The van der Waals surface area contributed by atoms with E-state index >= 15 is 0 Å². The minimum atomic E-state index is -0.288. The van der Waals surface area contributed by atoms with Gasteiger partial charge in [0.05, 0.1) is 13.7 Å². The summed E-state index contributed by atoms with van der Waals surface area (Å²) in [7, 11) is 3.17. The molecule has 1 saturated carbocycles. The SMILES string of the molecule is COc1cccc(NC(=O)CN(C)C(=O)[C@H]2C[C@@H]2c2ccc(F)cc2)c1. The van der Waals surface area contributed by atoms with E-state index in [-0.39, 0.29) is 36.0 Å². The molecule has 1 fully saturated rings. The van der Waals surface area contributed by atoms with Crippen molar-refractivity contribution in [3.8, 4) is 5.75 Å². The van der Waals surface area contributed by atoms with Gasteiger partial charge in [-0.3, -0.25) is 9.59 Å². The summed E-state index contributed by atoms with van der Waals surface area (Å²) in [5.74, 6) is -0.0220. The van der Waals surface area contributed by atoms with Gasteiger partial charge in [-0.25, -0.2) is 4.39 Å². The number of likely N-dealkylation sites (N-methyl/N-ethyl adjacent to an activating group) is 1. The van der Waals surface area contributed by atoms with Gasteiger partial charge in [0.1, 0.15) is 11.6 Å². The molecular weight excluding hydrogens is 335 g/mol. The lowest BCUT2D eigenvalue weighted by Crippen LogP contribution is -2.36. The van der Waals surface area contributed by atoms with Crippen LogP contribution >= 0.6 is 0 Å². The van der Waals surface area contributed by atoms with Crippen molar-refractivity contribution in [1.29, 1.82) is 0 Å². The Morgan fingerprint density at radius 1 is 1.23 bits per heavy atom. The molecule has 1 aliphatic rings. The van der Waals surface area contributed by atoms with Gasteiger partial charge in [-0.2, -0.15) is 0 Å². The van der Waals surface area contributed by atoms with E-state index in [1.54, 1.807) is 50.6 Å². The molecule has 2 atom stereocenters. The predicted molar refractivity (Wildman–Crippen MR) is 96.5 cm³/mol. The molecule has 2 aromatic rings. The summed E-state index contributed by atoms with van der Waals surface area (Å²) in [5.41, 5.74) is 1.57. The van der Waals surface area contributed by atoms with Gasteiger partial charge in [0.15, 0.2) is 0 Å². The highest BCUT2D eigenvalue weighted by atomic mass is 19.1. The summed E-state index contributed by atoms with van der Waals surface area (Å²) >= 11 is 0. The van der Waals surface area contributed by atoms with E-state index in [2.05, 4.69) is 5.32 Å². The van der Waals surface area contributed by atoms with Gasteiger partial charge >= 0.3 is 0 Å². The number of halogens is 1. The van der Waals surface area contributed by atoms with Crippen LogP contribution in [0.4, 0.5) is 10.1 Å². The average Bonchev–Trinajstić information content (AvgIpc) is 3.42. The monoisotopic (exact) mass is 356 g/mol. The summed E-state index contributed by atoms with van der Waals surface area (Å²) in [5, 5.41) is 2.76. The van der Waals surface area contributed by atoms with Crippen LogP contribution in [-0.4, -0.2) is 37.4 Å². The Morgan fingerprint density at radius 2 is 1.96 bits per heavy atom. The smallest absolute Gasteiger partial charge is 0.243 e. The highest BCUT2D eigenvalue weighted by Crippen LogP contribution is 2.48. The standard InChI is InChI=1S/C20H21FN2O3/c1-23(12-19(24)22-15-4-3-5-16(10-15)26-2)20(25)18-11-17(18)13-6-8-14(21)9-7-13/h3-10,17-18H,11-12H2,1-2H3,(H,22,24)/t17-,18+/m1/s1. The summed E-state index contributed by atoms with van der Waals surface area (Å²) < 4.78 is 18.1. The summed E-state index contributed by atoms with van der Waals surface area (Å²) in [6, 6.07) is 13.3. The normalized spacial score (nSPS) is 18.1. The molecule has 136 valence electrons. The van der Waals surface area contributed by atoms with Crippen LogP contribution < -0.4 is 10.1 Å². The van der Waals surface area contributed by atoms with Gasteiger partial charge in [-0.1, -0.05) is 18.2 Å². The fraction of sp³-hybridized carbons (Fsp3) is 0.300. The second-order valence-corrected chi connectivity index (χ2v) is 6.47. The van der Waals surface area contributed by atoms with Gasteiger partial charge in [0.25, 0.3) is 0 Å². The number of benzene rings is 2. The number of hydrogen-bond acceptors (Lipinski definition) is 3. The molecule has 6 heteroatoms. The Morgan fingerprint density at radius 3 is 2.65 bits per heavy atom. The van der Waals surface area contributed by atoms with Crippen LogP contribution in [0.2, 0.25) is 0 Å². The lowest BCUT2D eigenvalue weighted by Gasteiger charge is -2.17. The molecule has 0 aliphatic heterocycles. The maximum absolute atomic E-state index is 13.0. The molecule has 0 saturated heterocycles. The molecule has 2 aromatic carbocycles. The van der Waals surface area contributed by atoms with Crippen LogP contribution in [0.15, 0.2) is 48.5 Å². The Kier molecular flexibility index (Phi) is 5.21. The number of nitrogens with one attached hydrogen (secondary N) is 1. The molecular formula is C20H21FN2O3. The zero-order chi connectivity index (χ0) is 18.7. The number of carbonyl (C=O) groups is 2. The average molecular weight is 356 g/mol. The first-order valence-corrected chi connectivity index (χ1v) is 8.42. The van der Waals surface area contributed by atoms with Crippen molar-refractivity contribution in [2.24, 2.45) is 5.92 Å². The lowest BCUT2D eigenvalue weighted by molar-refractivity contribution is -0.134. The van der Waals surface area contributed by atoms with Crippen molar-refractivity contribution in [2.45, 2.75) is 12.3 Å². The maximum Gasteiger partial charge on any atom is 0.243 e. The van der Waals surface area contributed by atoms with Crippen molar-refractivity contribution in [3.05, 3.63) is 59.9 Å². The number of hydrogen-bond donors (Lipinski definition) is 1. The number of nitrogens with zero attached hydrogens (tertiary/aromatic N) is 1. The molecule has 1 N–H and O–H groups in total. The van der Waals surface area contributed by atoms with Gasteiger partial charge in [0.2, 0.25) is 11.8 Å². The van der Waals surface area contributed by atoms with Crippen LogP contribution in [0.5, 0.6) is 5.75 Å². The maximum atomic E-state index is 13.0. The number of rotatable bonds is 6. The lowest BCUT2D eigenvalue weighted by atomic mass is 10.1. The third-order valence-corrected chi connectivity index (χ3v) is 4.52. The number of ether oxygens (including phenoxy) is 1. The first-order chi connectivity index (χ1) is 12.5. The van der Waals surface area contributed by atoms with Crippen LogP contribution in [0, 0.1) is 11.7 Å². The molecule has 3 rings (SSSR count). The fourth-order valence-corrected chi connectivity index (χ4v) is 3.02. The van der Waals surface area contributed by atoms with Crippen LogP contribution in [0.3, 0.4) is 0 Å². The molecule has 0 radical (unpaired) electrons. The summed E-state index contributed by atoms with van der Waals surface area (Å²) in [6.45, 7) is -0.0251. The Hall–Kier alpha value is -2.89. The highest BCUT2D eigenvalue weighted by Gasteiger charge is 2.45. The molecule has 0 heterocycles. The molecule has 0 unspecified atom stereocenters. The van der Waals surface area contributed by atoms with Crippen molar-refractivity contribution < 1.29 is 18.7 Å². The van der Waals surface area contributed by atoms with E-state index in [1.165, 1.54) is 17.0 Å². The summed E-state index contributed by atoms with van der Waals surface area (Å²) in [4.78, 5) is 26.1. The molecule has 5 nitrogen and oxygen atoms in total. The van der Waals surface area contributed by atoms with E-state index in [0.717, 1.165) is 12.0 Å². The van der Waals surface area contributed by atoms with Crippen molar-refractivity contribution in [3.63, 3.8) is 0 Å². The summed E-state index contributed by atoms with van der Waals surface area (Å²) in [6.07, 6.45) is 0.728. The molecule has 0 spiro atoms. The second kappa shape index (κ2) is 7.56. The van der Waals surface area contributed by atoms with Gasteiger partial charge in [0, 0.05) is 24.7 Å². The molecule has 0 bridgehead atoms. The molecule has 2 amide bonds. The number of anilines is 1. The first kappa shape index (κ1) is 17.9. The minimum absolute atomic E-state index is 0.0251. The van der Waals surface area contributed by atoms with Crippen molar-refractivity contribution >= 4 is 17.5 Å². The Bertz CT molecular complexity index is 807. The number of carbonyl (C=O) groups excluding carboxylic acids is 2. The van der Waals surface area contributed by atoms with E-state index < -0.39 is 0 Å². The quantitative estimate of drug-likeness (QED) is 0.865. The van der Waals surface area contributed by atoms with Gasteiger partial charge < -0.3 is 15.0 Å². The van der Waals surface area contributed by atoms with Crippen molar-refractivity contribution in [1.82, 2.24) is 4.90 Å². The van der Waals surface area contributed by atoms with Gasteiger partial charge in [-0.15, -0.1) is 0 Å². The third kappa shape index (κ3) is 4.20. The topological polar surface area (TPSA) is 58.6 Å². The molecule has 1 aliphatic carbocycles. The van der Waals surface area contributed by atoms with E-state index in [1.807, 2.05) is 0 Å². The van der Waals surface area contributed by atoms with Crippen LogP contribution in [0.1, 0.15) is 17.9 Å². The molecule has 0 aromatic heterocycles. The largest absolute Gasteiger partial charge is 0.497 e. The zero-order valence-corrected chi connectivity index (χ0v) is 14.7.